The number of hydrogen-bond donors (Lipinski definition) is 1. The third-order valence-electron chi connectivity index (χ3n) is 5.05. The summed E-state index contributed by atoms with van der Waals surface area (Å²) in [6.07, 6.45) is 10.8. The van der Waals surface area contributed by atoms with Gasteiger partial charge in [-0.2, -0.15) is 13.2 Å². The average molecular weight is 432 g/mol. The smallest absolute Gasteiger partial charge is 0.312 e. The van der Waals surface area contributed by atoms with E-state index in [2.05, 4.69) is 48.7 Å². The van der Waals surface area contributed by atoms with Crippen molar-refractivity contribution in [2.75, 3.05) is 13.1 Å². The van der Waals surface area contributed by atoms with E-state index < -0.39 is 11.6 Å². The summed E-state index contributed by atoms with van der Waals surface area (Å²) in [6.45, 7) is 9.63. The molecule has 0 spiro atoms. The second kappa shape index (κ2) is 13.2. The largest absolute Gasteiger partial charge is 0.397 e. The lowest BCUT2D eigenvalue weighted by molar-refractivity contribution is -0.193. The van der Waals surface area contributed by atoms with Crippen LogP contribution in [0.3, 0.4) is 0 Å². The van der Waals surface area contributed by atoms with Gasteiger partial charge >= 0.3 is 6.18 Å². The van der Waals surface area contributed by atoms with E-state index >= 15 is 0 Å². The highest BCUT2D eigenvalue weighted by Crippen LogP contribution is 2.38. The fraction of sp³-hybridized carbons (Fsp3) is 0.407. The molecule has 1 N–H and O–H groups in total. The highest BCUT2D eigenvalue weighted by molar-refractivity contribution is 5.81. The van der Waals surface area contributed by atoms with Gasteiger partial charge in [-0.15, -0.1) is 0 Å². The maximum atomic E-state index is 13.0. The van der Waals surface area contributed by atoms with E-state index in [1.807, 2.05) is 38.1 Å². The lowest BCUT2D eigenvalue weighted by Gasteiger charge is -2.24. The Morgan fingerprint density at radius 1 is 1.00 bits per heavy atom. The molecule has 0 saturated carbocycles. The van der Waals surface area contributed by atoms with Crippen molar-refractivity contribution in [3.05, 3.63) is 89.6 Å². The van der Waals surface area contributed by atoms with Crippen molar-refractivity contribution in [1.29, 1.82) is 0 Å². The quantitative estimate of drug-likeness (QED) is 0.276. The Hall–Kier alpha value is -2.33. The van der Waals surface area contributed by atoms with Gasteiger partial charge in [0.15, 0.2) is 0 Å². The lowest BCUT2D eigenvalue weighted by atomic mass is 9.91. The Bertz CT molecular complexity index is 807. The van der Waals surface area contributed by atoms with E-state index in [-0.39, 0.29) is 0 Å². The van der Waals surface area contributed by atoms with Crippen molar-refractivity contribution in [3.8, 4) is 0 Å². The van der Waals surface area contributed by atoms with Gasteiger partial charge in [-0.25, -0.2) is 0 Å². The number of alkyl halides is 3. The van der Waals surface area contributed by atoms with Crippen LogP contribution in [0.15, 0.2) is 84.0 Å². The number of nitrogens with one attached hydrogen (secondary N) is 1. The van der Waals surface area contributed by atoms with E-state index in [9.17, 15) is 13.2 Å². The van der Waals surface area contributed by atoms with Crippen LogP contribution in [0.5, 0.6) is 0 Å². The van der Waals surface area contributed by atoms with Crippen LogP contribution in [0.25, 0.3) is 5.57 Å². The molecule has 0 aliphatic heterocycles. The second-order valence-electron chi connectivity index (χ2n) is 7.92. The first kappa shape index (κ1) is 26.7. The summed E-state index contributed by atoms with van der Waals surface area (Å²) in [5.74, 6) is 0. The van der Waals surface area contributed by atoms with E-state index in [4.69, 9.17) is 0 Å². The Balaban J connectivity index is 2.77. The molecule has 0 aliphatic rings. The van der Waals surface area contributed by atoms with Crippen LogP contribution in [0.1, 0.15) is 53.0 Å². The maximum absolute atomic E-state index is 13.0. The van der Waals surface area contributed by atoms with Gasteiger partial charge in [0, 0.05) is 6.54 Å². The molecule has 170 valence electrons. The molecule has 31 heavy (non-hydrogen) atoms. The van der Waals surface area contributed by atoms with Crippen LogP contribution in [0.4, 0.5) is 13.2 Å². The minimum Gasteiger partial charge on any atom is -0.312 e. The SMILES string of the molecule is C/C=C(\C=C/C(C)(C)C(F)(F)F)CNCC\C=C(C(/C=C\CC)=C/C)\c1ccccc1. The van der Waals surface area contributed by atoms with Crippen LogP contribution in [0.2, 0.25) is 0 Å². The summed E-state index contributed by atoms with van der Waals surface area (Å²) in [6, 6.07) is 10.3. The van der Waals surface area contributed by atoms with Gasteiger partial charge < -0.3 is 5.32 Å². The Morgan fingerprint density at radius 2 is 1.68 bits per heavy atom. The minimum atomic E-state index is -4.26. The molecule has 1 rings (SSSR count). The topological polar surface area (TPSA) is 12.0 Å². The van der Waals surface area contributed by atoms with Crippen LogP contribution in [0, 0.1) is 5.41 Å². The molecule has 0 fully saturated rings. The fourth-order valence-corrected chi connectivity index (χ4v) is 2.82. The molecule has 0 heterocycles. The van der Waals surface area contributed by atoms with Gasteiger partial charge in [0.25, 0.3) is 0 Å². The number of allylic oxidation sites excluding steroid dienone is 7. The number of halogens is 3. The van der Waals surface area contributed by atoms with Gasteiger partial charge in [-0.05, 0) is 69.4 Å². The van der Waals surface area contributed by atoms with Gasteiger partial charge in [-0.3, -0.25) is 0 Å². The summed E-state index contributed by atoms with van der Waals surface area (Å²) in [5.41, 5.74) is 2.53. The molecule has 0 atom stereocenters. The van der Waals surface area contributed by atoms with Crippen molar-refractivity contribution in [1.82, 2.24) is 5.32 Å². The van der Waals surface area contributed by atoms with E-state index in [1.54, 1.807) is 6.08 Å². The van der Waals surface area contributed by atoms with Crippen molar-refractivity contribution in [3.63, 3.8) is 0 Å². The third-order valence-corrected chi connectivity index (χ3v) is 5.05. The van der Waals surface area contributed by atoms with E-state index in [0.29, 0.717) is 6.54 Å². The molecule has 1 aromatic rings. The van der Waals surface area contributed by atoms with Gasteiger partial charge in [0.05, 0.1) is 5.41 Å². The minimum absolute atomic E-state index is 0.529. The highest BCUT2D eigenvalue weighted by Gasteiger charge is 2.45. The molecule has 0 unspecified atom stereocenters. The molecule has 0 aliphatic carbocycles. The number of benzene rings is 1. The molecule has 0 bridgehead atoms. The van der Waals surface area contributed by atoms with Gasteiger partial charge in [-0.1, -0.05) is 79.8 Å². The fourth-order valence-electron chi connectivity index (χ4n) is 2.82. The summed E-state index contributed by atoms with van der Waals surface area (Å²) >= 11 is 0. The summed E-state index contributed by atoms with van der Waals surface area (Å²) < 4.78 is 39.1. The van der Waals surface area contributed by atoms with Gasteiger partial charge in [0.1, 0.15) is 0 Å². The Kier molecular flexibility index (Phi) is 11.3. The van der Waals surface area contributed by atoms with Gasteiger partial charge in [0.2, 0.25) is 0 Å². The second-order valence-corrected chi connectivity index (χ2v) is 7.92. The van der Waals surface area contributed by atoms with Crippen molar-refractivity contribution in [2.45, 2.75) is 53.6 Å². The van der Waals surface area contributed by atoms with Crippen LogP contribution >= 0.6 is 0 Å². The summed E-state index contributed by atoms with van der Waals surface area (Å²) in [4.78, 5) is 0. The van der Waals surface area contributed by atoms with Crippen molar-refractivity contribution in [2.24, 2.45) is 5.41 Å². The molecular formula is C27H36F3N. The first-order valence-corrected chi connectivity index (χ1v) is 10.9. The normalized spacial score (nSPS) is 14.8. The zero-order valence-corrected chi connectivity index (χ0v) is 19.4. The molecule has 4 heteroatoms. The lowest BCUT2D eigenvalue weighted by Crippen LogP contribution is -2.30. The standard InChI is InChI=1S/C27H36F3N/c1-6-9-14-23(8-3)25(24-15-11-10-12-16-24)17-13-20-31-21-22(7-2)18-19-26(4,5)27(28,29)30/h7-12,14-19,31H,6,13,20-21H2,1-5H3/b14-9-,19-18-,22-7+,23-8+,25-17+. The summed E-state index contributed by atoms with van der Waals surface area (Å²) in [7, 11) is 0. The first-order valence-electron chi connectivity index (χ1n) is 10.9. The number of hydrogen-bond acceptors (Lipinski definition) is 1. The molecule has 0 aromatic heterocycles. The molecule has 0 amide bonds. The Labute approximate surface area is 186 Å². The van der Waals surface area contributed by atoms with Crippen LogP contribution in [-0.4, -0.2) is 19.3 Å². The molecule has 1 aromatic carbocycles. The Morgan fingerprint density at radius 3 is 2.23 bits per heavy atom. The zero-order valence-electron chi connectivity index (χ0n) is 19.4. The van der Waals surface area contributed by atoms with Crippen LogP contribution in [-0.2, 0) is 0 Å². The predicted molar refractivity (Wildman–Crippen MR) is 128 cm³/mol. The van der Waals surface area contributed by atoms with Crippen LogP contribution < -0.4 is 5.32 Å². The van der Waals surface area contributed by atoms with E-state index in [1.165, 1.54) is 36.6 Å². The monoisotopic (exact) mass is 431 g/mol. The number of rotatable bonds is 11. The first-order chi connectivity index (χ1) is 14.7. The average Bonchev–Trinajstić information content (AvgIpc) is 2.74. The van der Waals surface area contributed by atoms with Crippen molar-refractivity contribution >= 4 is 5.57 Å². The maximum Gasteiger partial charge on any atom is 0.397 e. The third kappa shape index (κ3) is 9.14. The highest BCUT2D eigenvalue weighted by atomic mass is 19.4. The molecule has 0 radical (unpaired) electrons. The predicted octanol–water partition coefficient (Wildman–Crippen LogP) is 8.05. The molecule has 1 nitrogen and oxygen atoms in total. The van der Waals surface area contributed by atoms with E-state index in [0.717, 1.165) is 25.0 Å². The van der Waals surface area contributed by atoms with Crippen molar-refractivity contribution < 1.29 is 13.2 Å². The molecular weight excluding hydrogens is 395 g/mol. The molecule has 0 saturated heterocycles. The summed E-state index contributed by atoms with van der Waals surface area (Å²) in [5, 5.41) is 3.34. The zero-order chi connectivity index (χ0) is 23.3.